The summed E-state index contributed by atoms with van der Waals surface area (Å²) < 4.78 is 0. The smallest absolute Gasteiger partial charge is 0.104 e. The predicted octanol–water partition coefficient (Wildman–Crippen LogP) is 6.59. The molecule has 0 amide bonds. The van der Waals surface area contributed by atoms with Crippen molar-refractivity contribution in [1.82, 2.24) is 10.2 Å². The van der Waals surface area contributed by atoms with Crippen molar-refractivity contribution in [2.45, 2.75) is 0 Å². The van der Waals surface area contributed by atoms with Crippen molar-refractivity contribution in [3.63, 3.8) is 0 Å². The fraction of sp³-hybridized carbons (Fsp3) is 0. The molecule has 0 spiro atoms. The van der Waals surface area contributed by atoms with Crippen molar-refractivity contribution in [3.05, 3.63) is 80.0 Å². The van der Waals surface area contributed by atoms with Crippen LogP contribution in [0.1, 0.15) is 11.4 Å². The summed E-state index contributed by atoms with van der Waals surface area (Å²) in [4.78, 5) is 8.56. The Morgan fingerprint density at radius 1 is 0.577 bits per heavy atom. The van der Waals surface area contributed by atoms with Gasteiger partial charge in [-0.15, -0.1) is 10.2 Å². The summed E-state index contributed by atoms with van der Waals surface area (Å²) in [5.74, 6) is 0. The van der Waals surface area contributed by atoms with E-state index in [0.29, 0.717) is 42.9 Å². The Morgan fingerprint density at radius 2 is 0.923 bits per heavy atom. The van der Waals surface area contributed by atoms with E-state index in [1.807, 2.05) is 0 Å². The van der Waals surface area contributed by atoms with Crippen LogP contribution in [0, 0.1) is 0 Å². The van der Waals surface area contributed by atoms with E-state index in [4.69, 9.17) is 46.4 Å². The van der Waals surface area contributed by atoms with Crippen LogP contribution in [0.2, 0.25) is 20.1 Å². The zero-order valence-electron chi connectivity index (χ0n) is 13.1. The second-order valence-corrected chi connectivity index (χ2v) is 6.90. The van der Waals surface area contributed by atoms with E-state index in [0.717, 1.165) is 0 Å². The van der Waals surface area contributed by atoms with Gasteiger partial charge in [0.2, 0.25) is 0 Å². The molecular formula is C18H10Cl4N4. The first kappa shape index (κ1) is 18.8. The number of hydrogen-bond donors (Lipinski definition) is 0. The summed E-state index contributed by atoms with van der Waals surface area (Å²) in [6, 6.07) is 13.6. The van der Waals surface area contributed by atoms with Crippen LogP contribution in [0.5, 0.6) is 0 Å². The Labute approximate surface area is 170 Å². The number of benzene rings is 2. The third-order valence-electron chi connectivity index (χ3n) is 3.09. The third-order valence-corrected chi connectivity index (χ3v) is 3.97. The SMILES string of the molecule is Clc1cc(Cl)cc(N=Cc2ccc(C=Nc3cc(Cl)cc(Cl)c3)nn2)c1. The lowest BCUT2D eigenvalue weighted by Gasteiger charge is -1.98. The van der Waals surface area contributed by atoms with Gasteiger partial charge < -0.3 is 0 Å². The Hall–Kier alpha value is -1.98. The Bertz CT molecular complexity index is 864. The molecule has 3 rings (SSSR count). The number of hydrogen-bond acceptors (Lipinski definition) is 4. The van der Waals surface area contributed by atoms with E-state index >= 15 is 0 Å². The van der Waals surface area contributed by atoms with E-state index in [2.05, 4.69) is 20.2 Å². The van der Waals surface area contributed by atoms with Gasteiger partial charge in [-0.1, -0.05) is 46.4 Å². The van der Waals surface area contributed by atoms with Gasteiger partial charge in [-0.2, -0.15) is 0 Å². The molecule has 0 N–H and O–H groups in total. The minimum Gasteiger partial charge on any atom is -0.254 e. The molecule has 130 valence electrons. The second kappa shape index (κ2) is 8.60. The van der Waals surface area contributed by atoms with Crippen LogP contribution in [-0.4, -0.2) is 22.6 Å². The maximum absolute atomic E-state index is 5.94. The van der Waals surface area contributed by atoms with Crippen LogP contribution in [0.25, 0.3) is 0 Å². The average Bonchev–Trinajstić information content (AvgIpc) is 2.57. The van der Waals surface area contributed by atoms with Gasteiger partial charge in [-0.05, 0) is 48.5 Å². The van der Waals surface area contributed by atoms with E-state index < -0.39 is 0 Å². The molecule has 0 radical (unpaired) electrons. The fourth-order valence-corrected chi connectivity index (χ4v) is 3.03. The highest BCUT2D eigenvalue weighted by atomic mass is 35.5. The van der Waals surface area contributed by atoms with Crippen molar-refractivity contribution >= 4 is 70.2 Å². The molecular weight excluding hydrogens is 414 g/mol. The molecule has 8 heteroatoms. The number of halogens is 4. The zero-order chi connectivity index (χ0) is 18.5. The van der Waals surface area contributed by atoms with Crippen molar-refractivity contribution in [1.29, 1.82) is 0 Å². The molecule has 0 fully saturated rings. The van der Waals surface area contributed by atoms with E-state index in [1.165, 1.54) is 0 Å². The minimum atomic E-state index is 0.517. The maximum atomic E-state index is 5.94. The van der Waals surface area contributed by atoms with Gasteiger partial charge in [0.1, 0.15) is 11.4 Å². The Morgan fingerprint density at radius 3 is 1.23 bits per heavy atom. The van der Waals surface area contributed by atoms with Crippen molar-refractivity contribution < 1.29 is 0 Å². The molecule has 0 saturated carbocycles. The van der Waals surface area contributed by atoms with Crippen molar-refractivity contribution in [2.75, 3.05) is 0 Å². The predicted molar refractivity (Wildman–Crippen MR) is 109 cm³/mol. The lowest BCUT2D eigenvalue weighted by Crippen LogP contribution is -1.95. The van der Waals surface area contributed by atoms with Crippen LogP contribution in [0.15, 0.2) is 58.5 Å². The fourth-order valence-electron chi connectivity index (χ4n) is 2.00. The van der Waals surface area contributed by atoms with Gasteiger partial charge in [0.15, 0.2) is 0 Å². The molecule has 0 atom stereocenters. The summed E-state index contributed by atoms with van der Waals surface area (Å²) >= 11 is 23.8. The molecule has 0 saturated heterocycles. The van der Waals surface area contributed by atoms with Gasteiger partial charge in [0, 0.05) is 20.1 Å². The van der Waals surface area contributed by atoms with Gasteiger partial charge >= 0.3 is 0 Å². The van der Waals surface area contributed by atoms with Gasteiger partial charge in [-0.3, -0.25) is 9.98 Å². The minimum absolute atomic E-state index is 0.517. The first-order chi connectivity index (χ1) is 12.5. The van der Waals surface area contributed by atoms with Crippen LogP contribution in [-0.2, 0) is 0 Å². The Balaban J connectivity index is 1.71. The highest BCUT2D eigenvalue weighted by Crippen LogP contribution is 2.25. The second-order valence-electron chi connectivity index (χ2n) is 5.15. The molecule has 2 aromatic carbocycles. The van der Waals surface area contributed by atoms with Gasteiger partial charge in [0.05, 0.1) is 23.8 Å². The third kappa shape index (κ3) is 5.51. The summed E-state index contributed by atoms with van der Waals surface area (Å²) in [5, 5.41) is 10.2. The highest BCUT2D eigenvalue weighted by Gasteiger charge is 1.99. The van der Waals surface area contributed by atoms with E-state index in [-0.39, 0.29) is 0 Å². The summed E-state index contributed by atoms with van der Waals surface area (Å²) in [7, 11) is 0. The summed E-state index contributed by atoms with van der Waals surface area (Å²) in [6.45, 7) is 0. The number of aliphatic imine (C=N–C) groups is 2. The topological polar surface area (TPSA) is 50.5 Å². The quantitative estimate of drug-likeness (QED) is 0.444. The van der Waals surface area contributed by atoms with E-state index in [1.54, 1.807) is 61.0 Å². The highest BCUT2D eigenvalue weighted by molar-refractivity contribution is 6.35. The van der Waals surface area contributed by atoms with E-state index in [9.17, 15) is 0 Å². The van der Waals surface area contributed by atoms with Crippen LogP contribution in [0.3, 0.4) is 0 Å². The van der Waals surface area contributed by atoms with Gasteiger partial charge in [0.25, 0.3) is 0 Å². The Kier molecular flexibility index (Phi) is 6.22. The zero-order valence-corrected chi connectivity index (χ0v) is 16.1. The maximum Gasteiger partial charge on any atom is 0.104 e. The first-order valence-corrected chi connectivity index (χ1v) is 8.83. The summed E-state index contributed by atoms with van der Waals surface area (Å²) in [5.41, 5.74) is 2.44. The van der Waals surface area contributed by atoms with Crippen LogP contribution >= 0.6 is 46.4 Å². The molecule has 0 aliphatic heterocycles. The van der Waals surface area contributed by atoms with Gasteiger partial charge in [-0.25, -0.2) is 0 Å². The number of aromatic nitrogens is 2. The standard InChI is InChI=1S/C18H10Cl4N4/c19-11-3-12(20)6-17(5-11)23-9-15-1-2-16(26-25-15)10-24-18-7-13(21)4-14(22)8-18/h1-10H. The first-order valence-electron chi connectivity index (χ1n) is 7.32. The monoisotopic (exact) mass is 422 g/mol. The summed E-state index contributed by atoms with van der Waals surface area (Å²) in [6.07, 6.45) is 3.15. The lowest BCUT2D eigenvalue weighted by atomic mass is 10.3. The van der Waals surface area contributed by atoms with Crippen LogP contribution in [0.4, 0.5) is 11.4 Å². The average molecular weight is 424 g/mol. The lowest BCUT2D eigenvalue weighted by molar-refractivity contribution is 1.01. The van der Waals surface area contributed by atoms with Crippen molar-refractivity contribution in [3.8, 4) is 0 Å². The molecule has 26 heavy (non-hydrogen) atoms. The molecule has 0 bridgehead atoms. The van der Waals surface area contributed by atoms with Crippen LogP contribution < -0.4 is 0 Å². The largest absolute Gasteiger partial charge is 0.254 e. The normalized spacial score (nSPS) is 11.5. The molecule has 3 aromatic rings. The molecule has 1 aromatic heterocycles. The number of nitrogens with zero attached hydrogens (tertiary/aromatic N) is 4. The molecule has 0 aliphatic carbocycles. The van der Waals surface area contributed by atoms with Crippen molar-refractivity contribution in [2.24, 2.45) is 9.98 Å². The number of rotatable bonds is 4. The molecule has 0 aliphatic rings. The molecule has 1 heterocycles. The molecule has 0 unspecified atom stereocenters. The molecule has 4 nitrogen and oxygen atoms in total.